The Hall–Kier alpha value is -1.33. The summed E-state index contributed by atoms with van der Waals surface area (Å²) in [7, 11) is 0. The fraction of sp³-hybridized carbons (Fsp3) is 0.917. The minimum absolute atomic E-state index is 0.201. The molecule has 0 unspecified atom stereocenters. The fourth-order valence-corrected chi connectivity index (χ4v) is 2.59. The van der Waals surface area contributed by atoms with E-state index in [4.69, 9.17) is 4.74 Å². The van der Waals surface area contributed by atoms with Crippen molar-refractivity contribution in [2.75, 3.05) is 26.2 Å². The van der Waals surface area contributed by atoms with Gasteiger partial charge in [0.1, 0.15) is 5.60 Å². The summed E-state index contributed by atoms with van der Waals surface area (Å²) in [6.07, 6.45) is 1.62. The zero-order chi connectivity index (χ0) is 13.4. The van der Waals surface area contributed by atoms with Crippen molar-refractivity contribution in [1.82, 2.24) is 9.91 Å². The van der Waals surface area contributed by atoms with Crippen molar-refractivity contribution in [1.29, 1.82) is 0 Å². The number of amides is 1. The highest BCUT2D eigenvalue weighted by molar-refractivity contribution is 5.68. The lowest BCUT2D eigenvalue weighted by Gasteiger charge is -2.51. The number of hydrogen-bond acceptors (Lipinski definition) is 4. The average Bonchev–Trinajstić information content (AvgIpc) is 2.23. The number of likely N-dealkylation sites (tertiary alicyclic amines) is 1. The van der Waals surface area contributed by atoms with Crippen LogP contribution in [-0.4, -0.2) is 47.8 Å². The molecule has 102 valence electrons. The molecule has 6 heteroatoms. The van der Waals surface area contributed by atoms with Gasteiger partial charge in [-0.25, -0.2) is 4.79 Å². The highest BCUT2D eigenvalue weighted by Gasteiger charge is 2.46. The molecule has 0 N–H and O–H groups in total. The van der Waals surface area contributed by atoms with E-state index in [2.05, 4.69) is 5.29 Å². The molecule has 1 amide bonds. The van der Waals surface area contributed by atoms with Gasteiger partial charge in [-0.15, -0.1) is 4.91 Å². The Kier molecular flexibility index (Phi) is 3.21. The first-order valence-corrected chi connectivity index (χ1v) is 6.40. The zero-order valence-electron chi connectivity index (χ0n) is 11.3. The van der Waals surface area contributed by atoms with Crippen LogP contribution in [0.25, 0.3) is 0 Å². The third-order valence-electron chi connectivity index (χ3n) is 3.63. The maximum atomic E-state index is 11.9. The molecule has 2 heterocycles. The summed E-state index contributed by atoms with van der Waals surface area (Å²) in [5.74, 6) is 0. The van der Waals surface area contributed by atoms with Crippen LogP contribution in [0.2, 0.25) is 0 Å². The molecule has 2 aliphatic heterocycles. The van der Waals surface area contributed by atoms with E-state index >= 15 is 0 Å². The minimum Gasteiger partial charge on any atom is -0.444 e. The summed E-state index contributed by atoms with van der Waals surface area (Å²) in [5.41, 5.74) is -0.243. The van der Waals surface area contributed by atoms with Crippen molar-refractivity contribution in [3.8, 4) is 0 Å². The summed E-state index contributed by atoms with van der Waals surface area (Å²) in [6.45, 7) is 8.50. The van der Waals surface area contributed by atoms with Crippen molar-refractivity contribution >= 4 is 6.09 Å². The van der Waals surface area contributed by atoms with E-state index in [9.17, 15) is 9.70 Å². The van der Waals surface area contributed by atoms with Gasteiger partial charge in [0.05, 0.1) is 5.29 Å². The lowest BCUT2D eigenvalue weighted by Crippen LogP contribution is -2.59. The van der Waals surface area contributed by atoms with Gasteiger partial charge in [0.2, 0.25) is 0 Å². The van der Waals surface area contributed by atoms with E-state index in [1.165, 1.54) is 0 Å². The third-order valence-corrected chi connectivity index (χ3v) is 3.63. The van der Waals surface area contributed by atoms with E-state index in [-0.39, 0.29) is 11.5 Å². The van der Waals surface area contributed by atoms with Crippen LogP contribution in [0, 0.1) is 10.3 Å². The van der Waals surface area contributed by atoms with Crippen LogP contribution in [0.15, 0.2) is 5.29 Å². The molecule has 0 aromatic carbocycles. The smallest absolute Gasteiger partial charge is 0.410 e. The molecule has 2 aliphatic rings. The Labute approximate surface area is 107 Å². The normalized spacial score (nSPS) is 22.6. The molecule has 0 aromatic rings. The predicted molar refractivity (Wildman–Crippen MR) is 66.8 cm³/mol. The van der Waals surface area contributed by atoms with Crippen molar-refractivity contribution in [2.45, 2.75) is 39.2 Å². The molecule has 2 saturated heterocycles. The summed E-state index contributed by atoms with van der Waals surface area (Å²) in [6, 6.07) is 0. The van der Waals surface area contributed by atoms with Gasteiger partial charge in [-0.2, -0.15) is 0 Å². The van der Waals surface area contributed by atoms with Gasteiger partial charge >= 0.3 is 6.09 Å². The Morgan fingerprint density at radius 2 is 1.78 bits per heavy atom. The van der Waals surface area contributed by atoms with Crippen LogP contribution in [0.3, 0.4) is 0 Å². The standard InChI is InChI=1S/C12H21N3O3/c1-11(2,3)18-10(16)14-6-4-12(5-7-14)8-15(9-12)13-17/h4-9H2,1-3H3. The van der Waals surface area contributed by atoms with E-state index in [1.54, 1.807) is 9.91 Å². The van der Waals surface area contributed by atoms with Crippen LogP contribution >= 0.6 is 0 Å². The zero-order valence-corrected chi connectivity index (χ0v) is 11.3. The van der Waals surface area contributed by atoms with E-state index in [1.807, 2.05) is 20.8 Å². The molecule has 0 bridgehead atoms. The molecule has 0 atom stereocenters. The fourth-order valence-electron chi connectivity index (χ4n) is 2.59. The lowest BCUT2D eigenvalue weighted by atomic mass is 9.73. The molecule has 0 radical (unpaired) electrons. The molecule has 0 aliphatic carbocycles. The molecular weight excluding hydrogens is 234 g/mol. The van der Waals surface area contributed by atoms with E-state index < -0.39 is 5.60 Å². The Morgan fingerprint density at radius 1 is 1.22 bits per heavy atom. The molecule has 18 heavy (non-hydrogen) atoms. The number of carbonyl (C=O) groups excluding carboxylic acids is 1. The molecule has 6 nitrogen and oxygen atoms in total. The summed E-state index contributed by atoms with van der Waals surface area (Å²) in [4.78, 5) is 24.0. The van der Waals surface area contributed by atoms with E-state index in [0.717, 1.165) is 25.9 Å². The molecular formula is C12H21N3O3. The topological polar surface area (TPSA) is 62.2 Å². The highest BCUT2D eigenvalue weighted by atomic mass is 16.6. The van der Waals surface area contributed by atoms with Gasteiger partial charge in [-0.05, 0) is 33.6 Å². The summed E-state index contributed by atoms with van der Waals surface area (Å²) < 4.78 is 5.35. The van der Waals surface area contributed by atoms with Crippen molar-refractivity contribution in [2.24, 2.45) is 10.7 Å². The van der Waals surface area contributed by atoms with Crippen LogP contribution in [0.5, 0.6) is 0 Å². The summed E-state index contributed by atoms with van der Waals surface area (Å²) >= 11 is 0. The minimum atomic E-state index is -0.444. The number of hydrogen-bond donors (Lipinski definition) is 0. The quantitative estimate of drug-likeness (QED) is 0.672. The first-order chi connectivity index (χ1) is 8.34. The largest absolute Gasteiger partial charge is 0.444 e. The maximum Gasteiger partial charge on any atom is 0.410 e. The van der Waals surface area contributed by atoms with Crippen LogP contribution < -0.4 is 0 Å². The van der Waals surface area contributed by atoms with Crippen molar-refractivity contribution < 1.29 is 9.53 Å². The number of rotatable bonds is 1. The van der Waals surface area contributed by atoms with Gasteiger partial charge in [0, 0.05) is 31.6 Å². The van der Waals surface area contributed by atoms with Crippen molar-refractivity contribution in [3.05, 3.63) is 4.91 Å². The molecule has 0 aromatic heterocycles. The van der Waals surface area contributed by atoms with E-state index in [0.29, 0.717) is 13.1 Å². The second-order valence-electron chi connectivity index (χ2n) is 6.37. The highest BCUT2D eigenvalue weighted by Crippen LogP contribution is 2.40. The maximum absolute atomic E-state index is 11.9. The average molecular weight is 255 g/mol. The number of carbonyl (C=O) groups is 1. The van der Waals surface area contributed by atoms with Gasteiger partial charge in [-0.1, -0.05) is 0 Å². The van der Waals surface area contributed by atoms with Gasteiger partial charge in [0.25, 0.3) is 0 Å². The molecule has 0 saturated carbocycles. The monoisotopic (exact) mass is 255 g/mol. The Bertz CT molecular complexity index is 335. The molecule has 1 spiro atoms. The number of nitrogens with zero attached hydrogens (tertiary/aromatic N) is 3. The second-order valence-corrected chi connectivity index (χ2v) is 6.37. The molecule has 2 fully saturated rings. The van der Waals surface area contributed by atoms with Crippen LogP contribution in [0.4, 0.5) is 4.79 Å². The number of nitroso groups, excluding NO2 is 1. The number of ether oxygens (including phenoxy) is 1. The Balaban J connectivity index is 1.80. The van der Waals surface area contributed by atoms with Crippen molar-refractivity contribution in [3.63, 3.8) is 0 Å². The van der Waals surface area contributed by atoms with Gasteiger partial charge in [-0.3, -0.25) is 5.01 Å². The first-order valence-electron chi connectivity index (χ1n) is 6.40. The lowest BCUT2D eigenvalue weighted by molar-refractivity contribution is -0.0511. The molecule has 2 rings (SSSR count). The predicted octanol–water partition coefficient (Wildman–Crippen LogP) is 2.00. The second kappa shape index (κ2) is 4.40. The summed E-state index contributed by atoms with van der Waals surface area (Å²) in [5, 5.41) is 4.47. The number of piperidine rings is 1. The SMILES string of the molecule is CC(C)(C)OC(=O)N1CCC2(CC1)CN(N=O)C2. The van der Waals surface area contributed by atoms with Crippen LogP contribution in [0.1, 0.15) is 33.6 Å². The van der Waals surface area contributed by atoms with Gasteiger partial charge < -0.3 is 9.64 Å². The van der Waals surface area contributed by atoms with Crippen LogP contribution in [-0.2, 0) is 4.74 Å². The third kappa shape index (κ3) is 2.73. The van der Waals surface area contributed by atoms with Gasteiger partial charge in [0.15, 0.2) is 0 Å². The Morgan fingerprint density at radius 3 is 2.22 bits per heavy atom. The first kappa shape index (κ1) is 13.1.